The number of hydrogen-bond donors (Lipinski definition) is 2. The van der Waals surface area contributed by atoms with Gasteiger partial charge in [-0.05, 0) is 49.2 Å². The molecule has 0 spiro atoms. The van der Waals surface area contributed by atoms with Crippen LogP contribution in [0.4, 0.5) is 11.4 Å². The number of carbonyl (C=O) groups is 4. The summed E-state index contributed by atoms with van der Waals surface area (Å²) >= 11 is 0. The van der Waals surface area contributed by atoms with Crippen molar-refractivity contribution in [3.8, 4) is 0 Å². The third-order valence-electron chi connectivity index (χ3n) is 9.66. The third kappa shape index (κ3) is 13.2. The van der Waals surface area contributed by atoms with Crippen LogP contribution in [0.15, 0.2) is 84.9 Å². The average molecular weight is 735 g/mol. The summed E-state index contributed by atoms with van der Waals surface area (Å²) in [6.07, 6.45) is 18.3. The van der Waals surface area contributed by atoms with Crippen LogP contribution in [-0.4, -0.2) is 37.0 Å². The molecule has 0 atom stereocenters. The number of esters is 2. The first-order valence-corrected chi connectivity index (χ1v) is 20.1. The topological polar surface area (TPSA) is 111 Å². The first-order chi connectivity index (χ1) is 26.4. The molecule has 4 rings (SSSR count). The number of unbranched alkanes of at least 4 members (excludes halogenated alkanes) is 14. The number of nitrogens with one attached hydrogen (secondary N) is 2. The van der Waals surface area contributed by atoms with Crippen LogP contribution in [0.25, 0.3) is 10.8 Å². The van der Waals surface area contributed by atoms with Gasteiger partial charge in [-0.3, -0.25) is 9.59 Å². The lowest BCUT2D eigenvalue weighted by molar-refractivity contribution is 0.0486. The van der Waals surface area contributed by atoms with Gasteiger partial charge < -0.3 is 20.1 Å². The molecule has 0 saturated heterocycles. The van der Waals surface area contributed by atoms with Crippen molar-refractivity contribution in [2.24, 2.45) is 0 Å². The largest absolute Gasteiger partial charge is 0.462 e. The smallest absolute Gasteiger partial charge is 0.338 e. The van der Waals surface area contributed by atoms with Gasteiger partial charge in [-0.25, -0.2) is 9.59 Å². The van der Waals surface area contributed by atoms with Crippen LogP contribution in [0.5, 0.6) is 0 Å². The van der Waals surface area contributed by atoms with Gasteiger partial charge >= 0.3 is 11.9 Å². The van der Waals surface area contributed by atoms with E-state index in [0.717, 1.165) is 38.5 Å². The lowest BCUT2D eigenvalue weighted by atomic mass is 10.0. The van der Waals surface area contributed by atoms with E-state index >= 15 is 0 Å². The summed E-state index contributed by atoms with van der Waals surface area (Å²) < 4.78 is 11.1. The molecule has 288 valence electrons. The van der Waals surface area contributed by atoms with Crippen molar-refractivity contribution in [2.45, 2.75) is 117 Å². The van der Waals surface area contributed by atoms with Gasteiger partial charge in [0.2, 0.25) is 0 Å². The Bertz CT molecular complexity index is 1670. The molecule has 54 heavy (non-hydrogen) atoms. The highest BCUT2D eigenvalue weighted by Crippen LogP contribution is 2.30. The molecule has 4 aromatic carbocycles. The van der Waals surface area contributed by atoms with Gasteiger partial charge in [0.25, 0.3) is 11.8 Å². The standard InChI is InChI=1S/C46H58N2O6/c1-3-5-7-9-11-13-15-21-33-53-45(51)39-27-19-17-25-37(39)43(49)47-41-31-23-30-36-35(41)29-24-32-42(36)48-44(50)38-26-18-20-28-40(38)46(52)54-34-22-16-14-12-10-8-6-4-2/h17-20,23-32H,3-16,21-22,33-34H2,1-2H3,(H,47,49)(H,48,50). The molecule has 0 aliphatic heterocycles. The highest BCUT2D eigenvalue weighted by atomic mass is 16.5. The Morgan fingerprint density at radius 2 is 0.741 bits per heavy atom. The van der Waals surface area contributed by atoms with E-state index in [0.29, 0.717) is 35.4 Å². The van der Waals surface area contributed by atoms with Gasteiger partial charge in [-0.1, -0.05) is 152 Å². The number of amides is 2. The summed E-state index contributed by atoms with van der Waals surface area (Å²) in [5.41, 5.74) is 1.87. The SMILES string of the molecule is CCCCCCCCCCOC(=O)c1ccccc1C(=O)Nc1cccc2c(NC(=O)c3ccccc3C(=O)OCCCCCCCCCC)cccc12. The van der Waals surface area contributed by atoms with Crippen LogP contribution < -0.4 is 10.6 Å². The molecule has 2 amide bonds. The maximum atomic E-state index is 13.6. The number of hydrogen-bond acceptors (Lipinski definition) is 6. The van der Waals surface area contributed by atoms with E-state index in [1.54, 1.807) is 72.8 Å². The first-order valence-electron chi connectivity index (χ1n) is 20.1. The molecular formula is C46H58N2O6. The fourth-order valence-electron chi connectivity index (χ4n) is 6.58. The van der Waals surface area contributed by atoms with E-state index in [1.165, 1.54) is 64.2 Å². The Labute approximate surface area is 321 Å². The normalized spacial score (nSPS) is 10.9. The van der Waals surface area contributed by atoms with Gasteiger partial charge in [0.15, 0.2) is 0 Å². The molecule has 0 fully saturated rings. The van der Waals surface area contributed by atoms with E-state index in [1.807, 2.05) is 12.1 Å². The number of fused-ring (bicyclic) bond motifs is 1. The lowest BCUT2D eigenvalue weighted by Crippen LogP contribution is -2.19. The quantitative estimate of drug-likeness (QED) is 0.0548. The second kappa shape index (κ2) is 23.6. The summed E-state index contributed by atoms with van der Waals surface area (Å²) in [7, 11) is 0. The molecule has 0 saturated carbocycles. The van der Waals surface area contributed by atoms with Crippen LogP contribution >= 0.6 is 0 Å². The minimum absolute atomic E-state index is 0.206. The van der Waals surface area contributed by atoms with Gasteiger partial charge in [-0.2, -0.15) is 0 Å². The van der Waals surface area contributed by atoms with Crippen LogP contribution in [0.1, 0.15) is 158 Å². The highest BCUT2D eigenvalue weighted by molar-refractivity contribution is 6.17. The average Bonchev–Trinajstić information content (AvgIpc) is 3.19. The van der Waals surface area contributed by atoms with Gasteiger partial charge in [0.1, 0.15) is 0 Å². The summed E-state index contributed by atoms with van der Waals surface area (Å²) in [5, 5.41) is 7.30. The Morgan fingerprint density at radius 1 is 0.407 bits per heavy atom. The molecule has 4 aromatic rings. The van der Waals surface area contributed by atoms with Crippen LogP contribution in [0, 0.1) is 0 Å². The zero-order valence-corrected chi connectivity index (χ0v) is 32.3. The van der Waals surface area contributed by atoms with Crippen LogP contribution in [0.3, 0.4) is 0 Å². The highest BCUT2D eigenvalue weighted by Gasteiger charge is 2.21. The Kier molecular flexibility index (Phi) is 18.3. The monoisotopic (exact) mass is 734 g/mol. The van der Waals surface area contributed by atoms with Gasteiger partial charge in [0, 0.05) is 22.1 Å². The maximum Gasteiger partial charge on any atom is 0.338 e. The van der Waals surface area contributed by atoms with Crippen LogP contribution in [-0.2, 0) is 9.47 Å². The van der Waals surface area contributed by atoms with Crippen LogP contribution in [0.2, 0.25) is 0 Å². The number of ether oxygens (including phenoxy) is 2. The van der Waals surface area contributed by atoms with Crippen molar-refractivity contribution in [3.05, 3.63) is 107 Å². The molecule has 2 N–H and O–H groups in total. The predicted octanol–water partition coefficient (Wildman–Crippen LogP) is 11.9. The molecule has 0 unspecified atom stereocenters. The number of carbonyl (C=O) groups excluding carboxylic acids is 4. The molecule has 8 nitrogen and oxygen atoms in total. The lowest BCUT2D eigenvalue weighted by Gasteiger charge is -2.15. The van der Waals surface area contributed by atoms with Crippen molar-refractivity contribution in [1.82, 2.24) is 0 Å². The zero-order valence-electron chi connectivity index (χ0n) is 32.3. The van der Waals surface area contributed by atoms with Crippen molar-refractivity contribution < 1.29 is 28.7 Å². The predicted molar refractivity (Wildman–Crippen MR) is 219 cm³/mol. The molecule has 0 aliphatic rings. The summed E-state index contributed by atoms with van der Waals surface area (Å²) in [5.74, 6) is -1.94. The zero-order chi connectivity index (χ0) is 38.4. The van der Waals surface area contributed by atoms with E-state index in [4.69, 9.17) is 9.47 Å². The fraction of sp³-hybridized carbons (Fsp3) is 0.435. The van der Waals surface area contributed by atoms with Gasteiger partial charge in [-0.15, -0.1) is 0 Å². The van der Waals surface area contributed by atoms with E-state index in [9.17, 15) is 19.2 Å². The second-order valence-corrected chi connectivity index (χ2v) is 13.9. The number of rotatable bonds is 24. The third-order valence-corrected chi connectivity index (χ3v) is 9.66. The maximum absolute atomic E-state index is 13.6. The van der Waals surface area contributed by atoms with Crippen molar-refractivity contribution in [3.63, 3.8) is 0 Å². The summed E-state index contributed by atoms with van der Waals surface area (Å²) in [6, 6.07) is 24.1. The molecule has 0 heterocycles. The van der Waals surface area contributed by atoms with Crippen molar-refractivity contribution in [2.75, 3.05) is 23.8 Å². The fourth-order valence-corrected chi connectivity index (χ4v) is 6.58. The van der Waals surface area contributed by atoms with Gasteiger partial charge in [0.05, 0.1) is 35.5 Å². The molecule has 8 heteroatoms. The first kappa shape index (κ1) is 41.8. The Balaban J connectivity index is 1.36. The molecule has 0 radical (unpaired) electrons. The van der Waals surface area contributed by atoms with E-state index in [2.05, 4.69) is 24.5 Å². The van der Waals surface area contributed by atoms with E-state index < -0.39 is 23.8 Å². The molecular weight excluding hydrogens is 677 g/mol. The molecule has 0 bridgehead atoms. The Hall–Kier alpha value is -4.98. The number of benzene rings is 4. The van der Waals surface area contributed by atoms with Crippen molar-refractivity contribution in [1.29, 1.82) is 0 Å². The number of anilines is 2. The summed E-state index contributed by atoms with van der Waals surface area (Å²) in [6.45, 7) is 5.04. The summed E-state index contributed by atoms with van der Waals surface area (Å²) in [4.78, 5) is 53.3. The van der Waals surface area contributed by atoms with E-state index in [-0.39, 0.29) is 22.3 Å². The Morgan fingerprint density at radius 3 is 1.11 bits per heavy atom. The second-order valence-electron chi connectivity index (χ2n) is 13.9. The minimum atomic E-state index is -0.524. The molecule has 0 aliphatic carbocycles. The minimum Gasteiger partial charge on any atom is -0.462 e. The van der Waals surface area contributed by atoms with Crippen molar-refractivity contribution >= 4 is 45.9 Å². The molecule has 0 aromatic heterocycles.